The molecular formula is C20H18N2O2. The maximum Gasteiger partial charge on any atom is 0.266 e. The summed E-state index contributed by atoms with van der Waals surface area (Å²) in [5.41, 5.74) is 4.76. The molecule has 2 amide bonds. The second-order valence-corrected chi connectivity index (χ2v) is 6.09. The summed E-state index contributed by atoms with van der Waals surface area (Å²) in [4.78, 5) is 27.0. The van der Waals surface area contributed by atoms with Crippen molar-refractivity contribution in [1.82, 2.24) is 0 Å². The summed E-state index contributed by atoms with van der Waals surface area (Å²) in [6.45, 7) is 5.99. The third-order valence-corrected chi connectivity index (χ3v) is 4.46. The molecule has 0 atom stereocenters. The Morgan fingerprint density at radius 2 is 1.67 bits per heavy atom. The van der Waals surface area contributed by atoms with Gasteiger partial charge in [-0.1, -0.05) is 25.5 Å². The van der Waals surface area contributed by atoms with Crippen LogP contribution >= 0.6 is 0 Å². The monoisotopic (exact) mass is 318 g/mol. The summed E-state index contributed by atoms with van der Waals surface area (Å²) in [6, 6.07) is 10.6. The zero-order valence-electron chi connectivity index (χ0n) is 14.0. The maximum absolute atomic E-state index is 12.9. The zero-order valence-corrected chi connectivity index (χ0v) is 14.0. The molecule has 3 rings (SSSR count). The van der Waals surface area contributed by atoms with Gasteiger partial charge in [0.25, 0.3) is 11.8 Å². The van der Waals surface area contributed by atoms with Crippen LogP contribution in [0.3, 0.4) is 0 Å². The average molecular weight is 318 g/mol. The van der Waals surface area contributed by atoms with Crippen LogP contribution in [0, 0.1) is 25.2 Å². The van der Waals surface area contributed by atoms with Gasteiger partial charge in [-0.05, 0) is 55.2 Å². The van der Waals surface area contributed by atoms with Gasteiger partial charge in [0.2, 0.25) is 0 Å². The number of rotatable bonds is 3. The fourth-order valence-electron chi connectivity index (χ4n) is 3.24. The standard InChI is InChI=1S/C20H18N2O2/c1-4-5-15-12(2)6-7-13(3)18(15)22-19(23)16-9-8-14(11-21)10-17(16)20(22)24/h6-10H,4-5H2,1-3H3. The van der Waals surface area contributed by atoms with Crippen LogP contribution in [0.1, 0.15) is 56.3 Å². The molecule has 0 saturated carbocycles. The van der Waals surface area contributed by atoms with Crippen LogP contribution < -0.4 is 4.90 Å². The summed E-state index contributed by atoms with van der Waals surface area (Å²) in [6.07, 6.45) is 1.73. The Morgan fingerprint density at radius 1 is 1.00 bits per heavy atom. The lowest BCUT2D eigenvalue weighted by atomic mass is 9.97. The van der Waals surface area contributed by atoms with Gasteiger partial charge in [-0.3, -0.25) is 9.59 Å². The average Bonchev–Trinajstić information content (AvgIpc) is 2.82. The number of amides is 2. The molecule has 1 aliphatic rings. The molecule has 0 saturated heterocycles. The van der Waals surface area contributed by atoms with Crippen LogP contribution in [-0.4, -0.2) is 11.8 Å². The van der Waals surface area contributed by atoms with Crippen molar-refractivity contribution in [2.45, 2.75) is 33.6 Å². The first-order chi connectivity index (χ1) is 11.5. The third-order valence-electron chi connectivity index (χ3n) is 4.46. The lowest BCUT2D eigenvalue weighted by Gasteiger charge is -2.22. The van der Waals surface area contributed by atoms with E-state index < -0.39 is 0 Å². The molecule has 0 aromatic heterocycles. The van der Waals surface area contributed by atoms with Crippen molar-refractivity contribution < 1.29 is 9.59 Å². The molecule has 24 heavy (non-hydrogen) atoms. The lowest BCUT2D eigenvalue weighted by molar-refractivity contribution is 0.0925. The predicted octanol–water partition coefficient (Wildman–Crippen LogP) is 3.93. The number of imide groups is 1. The van der Waals surface area contributed by atoms with E-state index >= 15 is 0 Å². The Hall–Kier alpha value is -2.93. The molecule has 4 nitrogen and oxygen atoms in total. The number of hydrogen-bond acceptors (Lipinski definition) is 3. The first-order valence-electron chi connectivity index (χ1n) is 8.01. The Balaban J connectivity index is 2.19. The van der Waals surface area contributed by atoms with Crippen LogP contribution in [0.2, 0.25) is 0 Å². The molecule has 0 aliphatic carbocycles. The van der Waals surface area contributed by atoms with Crippen LogP contribution in [0.25, 0.3) is 0 Å². The summed E-state index contributed by atoms with van der Waals surface area (Å²) >= 11 is 0. The van der Waals surface area contributed by atoms with Crippen molar-refractivity contribution in [1.29, 1.82) is 5.26 Å². The fourth-order valence-corrected chi connectivity index (χ4v) is 3.24. The van der Waals surface area contributed by atoms with Gasteiger partial charge < -0.3 is 0 Å². The van der Waals surface area contributed by atoms with Crippen molar-refractivity contribution in [3.63, 3.8) is 0 Å². The van der Waals surface area contributed by atoms with Crippen molar-refractivity contribution >= 4 is 17.5 Å². The first-order valence-corrected chi connectivity index (χ1v) is 8.01. The van der Waals surface area contributed by atoms with E-state index in [-0.39, 0.29) is 11.8 Å². The Labute approximate surface area is 141 Å². The molecule has 4 heteroatoms. The van der Waals surface area contributed by atoms with Crippen LogP contribution in [0.5, 0.6) is 0 Å². The number of benzene rings is 2. The first kappa shape index (κ1) is 15.9. The summed E-state index contributed by atoms with van der Waals surface area (Å²) in [5, 5.41) is 9.04. The smallest absolute Gasteiger partial charge is 0.266 e. The molecule has 0 N–H and O–H groups in total. The number of nitrogens with zero attached hydrogens (tertiary/aromatic N) is 2. The molecule has 1 heterocycles. The normalized spacial score (nSPS) is 13.2. The number of carbonyl (C=O) groups is 2. The molecule has 0 fully saturated rings. The molecule has 120 valence electrons. The number of fused-ring (bicyclic) bond motifs is 1. The highest BCUT2D eigenvalue weighted by Gasteiger charge is 2.38. The van der Waals surface area contributed by atoms with Crippen molar-refractivity contribution in [3.05, 3.63) is 63.7 Å². The molecule has 1 aliphatic heterocycles. The van der Waals surface area contributed by atoms with E-state index in [0.717, 1.165) is 29.5 Å². The second-order valence-electron chi connectivity index (χ2n) is 6.09. The van der Waals surface area contributed by atoms with E-state index in [9.17, 15) is 9.59 Å². The highest BCUT2D eigenvalue weighted by molar-refractivity contribution is 6.35. The van der Waals surface area contributed by atoms with Crippen LogP contribution in [0.4, 0.5) is 5.69 Å². The Morgan fingerprint density at radius 3 is 2.33 bits per heavy atom. The molecular weight excluding hydrogens is 300 g/mol. The second kappa shape index (κ2) is 5.93. The highest BCUT2D eigenvalue weighted by Crippen LogP contribution is 2.35. The van der Waals surface area contributed by atoms with Gasteiger partial charge in [0.15, 0.2) is 0 Å². The van der Waals surface area contributed by atoms with Gasteiger partial charge in [0.05, 0.1) is 28.4 Å². The van der Waals surface area contributed by atoms with E-state index in [1.54, 1.807) is 12.1 Å². The summed E-state index contributed by atoms with van der Waals surface area (Å²) < 4.78 is 0. The van der Waals surface area contributed by atoms with E-state index in [2.05, 4.69) is 6.92 Å². The number of aryl methyl sites for hydroxylation is 2. The number of anilines is 1. The third kappa shape index (κ3) is 2.30. The van der Waals surface area contributed by atoms with Crippen molar-refractivity contribution in [3.8, 4) is 6.07 Å². The van der Waals surface area contributed by atoms with Crippen molar-refractivity contribution in [2.24, 2.45) is 0 Å². The summed E-state index contributed by atoms with van der Waals surface area (Å²) in [7, 11) is 0. The summed E-state index contributed by atoms with van der Waals surface area (Å²) in [5.74, 6) is -0.663. The van der Waals surface area contributed by atoms with E-state index in [4.69, 9.17) is 5.26 Å². The van der Waals surface area contributed by atoms with Gasteiger partial charge in [0, 0.05) is 0 Å². The Kier molecular flexibility index (Phi) is 3.94. The molecule has 0 bridgehead atoms. The van der Waals surface area contributed by atoms with Crippen LogP contribution in [0.15, 0.2) is 30.3 Å². The van der Waals surface area contributed by atoms with E-state index in [1.807, 2.05) is 32.0 Å². The van der Waals surface area contributed by atoms with E-state index in [1.165, 1.54) is 11.0 Å². The molecule has 2 aromatic carbocycles. The van der Waals surface area contributed by atoms with Gasteiger partial charge in [-0.15, -0.1) is 0 Å². The fraction of sp³-hybridized carbons (Fsp3) is 0.250. The SMILES string of the molecule is CCCc1c(C)ccc(C)c1N1C(=O)c2ccc(C#N)cc2C1=O. The minimum Gasteiger partial charge on any atom is -0.268 e. The van der Waals surface area contributed by atoms with Gasteiger partial charge in [-0.25, -0.2) is 4.90 Å². The van der Waals surface area contributed by atoms with E-state index in [0.29, 0.717) is 22.4 Å². The molecule has 0 radical (unpaired) electrons. The van der Waals surface area contributed by atoms with Gasteiger partial charge in [0.1, 0.15) is 0 Å². The minimum atomic E-state index is -0.349. The number of hydrogen-bond donors (Lipinski definition) is 0. The lowest BCUT2D eigenvalue weighted by Crippen LogP contribution is -2.31. The van der Waals surface area contributed by atoms with Gasteiger partial charge >= 0.3 is 0 Å². The van der Waals surface area contributed by atoms with Gasteiger partial charge in [-0.2, -0.15) is 5.26 Å². The van der Waals surface area contributed by atoms with Crippen LogP contribution in [-0.2, 0) is 6.42 Å². The molecule has 2 aromatic rings. The largest absolute Gasteiger partial charge is 0.268 e. The predicted molar refractivity (Wildman–Crippen MR) is 92.2 cm³/mol. The van der Waals surface area contributed by atoms with Crippen molar-refractivity contribution in [2.75, 3.05) is 4.90 Å². The minimum absolute atomic E-state index is 0.308. The molecule has 0 spiro atoms. The zero-order chi connectivity index (χ0) is 17.4. The highest BCUT2D eigenvalue weighted by atomic mass is 16.2. The Bertz CT molecular complexity index is 907. The topological polar surface area (TPSA) is 61.2 Å². The maximum atomic E-state index is 12.9. The quantitative estimate of drug-likeness (QED) is 0.806. The number of nitriles is 1. The molecule has 0 unspecified atom stereocenters. The number of carbonyl (C=O) groups excluding carboxylic acids is 2.